The summed E-state index contributed by atoms with van der Waals surface area (Å²) in [6, 6.07) is 5.36. The minimum absolute atomic E-state index is 0.0186. The van der Waals surface area contributed by atoms with Gasteiger partial charge in [0, 0.05) is 31.2 Å². The molecule has 0 bridgehead atoms. The van der Waals surface area contributed by atoms with Crippen molar-refractivity contribution < 1.29 is 21.6 Å². The average molecular weight is 417 g/mol. The minimum Gasteiger partial charge on any atom is -0.339 e. The standard InChI is InChI=1S/C18H28N2O5S2/c1-4-12-20(16-11-13-26(22,23)14-16)27(24,25)17-9-7-15(8-10-17)18(21)19(5-2)6-3/h7-10,16H,4-6,11-14H2,1-3H3. The molecule has 0 aromatic heterocycles. The molecule has 1 aliphatic heterocycles. The van der Waals surface area contributed by atoms with E-state index in [1.807, 2.05) is 20.8 Å². The second kappa shape index (κ2) is 8.70. The first-order valence-electron chi connectivity index (χ1n) is 9.27. The van der Waals surface area contributed by atoms with Crippen molar-refractivity contribution in [3.05, 3.63) is 29.8 Å². The SMILES string of the molecule is CCCN(C1CCS(=O)(=O)C1)S(=O)(=O)c1ccc(C(=O)N(CC)CC)cc1. The van der Waals surface area contributed by atoms with Crippen molar-refractivity contribution in [1.82, 2.24) is 9.21 Å². The number of amides is 1. The van der Waals surface area contributed by atoms with Crippen LogP contribution in [0.3, 0.4) is 0 Å². The predicted octanol–water partition coefficient (Wildman–Crippen LogP) is 1.76. The molecular weight excluding hydrogens is 388 g/mol. The zero-order valence-corrected chi connectivity index (χ0v) is 17.7. The summed E-state index contributed by atoms with van der Waals surface area (Å²) in [4.78, 5) is 14.1. The van der Waals surface area contributed by atoms with Gasteiger partial charge >= 0.3 is 0 Å². The molecule has 1 heterocycles. The van der Waals surface area contributed by atoms with Crippen molar-refractivity contribution in [2.24, 2.45) is 0 Å². The fourth-order valence-electron chi connectivity index (χ4n) is 3.32. The van der Waals surface area contributed by atoms with Crippen LogP contribution in [0.4, 0.5) is 0 Å². The van der Waals surface area contributed by atoms with Crippen LogP contribution in [-0.2, 0) is 19.9 Å². The molecule has 1 atom stereocenters. The second-order valence-corrected chi connectivity index (χ2v) is 10.8. The summed E-state index contributed by atoms with van der Waals surface area (Å²) in [5, 5.41) is 0. The van der Waals surface area contributed by atoms with E-state index in [1.54, 1.807) is 4.90 Å². The molecule has 1 saturated heterocycles. The van der Waals surface area contributed by atoms with Gasteiger partial charge < -0.3 is 4.90 Å². The number of hydrogen-bond donors (Lipinski definition) is 0. The van der Waals surface area contributed by atoms with E-state index in [0.717, 1.165) is 0 Å². The maximum atomic E-state index is 13.1. The Balaban J connectivity index is 2.29. The van der Waals surface area contributed by atoms with E-state index in [-0.39, 0.29) is 28.9 Å². The number of sulfone groups is 1. The largest absolute Gasteiger partial charge is 0.339 e. The quantitative estimate of drug-likeness (QED) is 0.644. The van der Waals surface area contributed by atoms with Gasteiger partial charge in [0.15, 0.2) is 9.84 Å². The van der Waals surface area contributed by atoms with Crippen LogP contribution < -0.4 is 0 Å². The fraction of sp³-hybridized carbons (Fsp3) is 0.611. The predicted molar refractivity (Wildman–Crippen MR) is 105 cm³/mol. The highest BCUT2D eigenvalue weighted by Crippen LogP contribution is 2.25. The van der Waals surface area contributed by atoms with E-state index >= 15 is 0 Å². The van der Waals surface area contributed by atoms with Crippen LogP contribution in [0.5, 0.6) is 0 Å². The van der Waals surface area contributed by atoms with Gasteiger partial charge in [-0.3, -0.25) is 4.79 Å². The number of hydrogen-bond acceptors (Lipinski definition) is 5. The monoisotopic (exact) mass is 416 g/mol. The third kappa shape index (κ3) is 4.89. The van der Waals surface area contributed by atoms with Crippen LogP contribution in [0, 0.1) is 0 Å². The molecule has 152 valence electrons. The first-order valence-corrected chi connectivity index (χ1v) is 12.5. The highest BCUT2D eigenvalue weighted by molar-refractivity contribution is 7.92. The number of carbonyl (C=O) groups excluding carboxylic acids is 1. The maximum absolute atomic E-state index is 13.1. The summed E-state index contributed by atoms with van der Waals surface area (Å²) in [6.45, 7) is 7.06. The first kappa shape index (κ1) is 21.8. The Labute approximate surface area is 162 Å². The third-order valence-corrected chi connectivity index (χ3v) is 8.53. The number of rotatable bonds is 8. The topological polar surface area (TPSA) is 91.8 Å². The minimum atomic E-state index is -3.83. The van der Waals surface area contributed by atoms with Crippen LogP contribution in [0.15, 0.2) is 29.2 Å². The van der Waals surface area contributed by atoms with E-state index < -0.39 is 25.9 Å². The van der Waals surface area contributed by atoms with Gasteiger partial charge in [0.05, 0.1) is 16.4 Å². The normalized spacial score (nSPS) is 19.3. The van der Waals surface area contributed by atoms with E-state index in [2.05, 4.69) is 0 Å². The third-order valence-electron chi connectivity index (χ3n) is 4.82. The molecule has 1 aromatic rings. The van der Waals surface area contributed by atoms with Gasteiger partial charge in [-0.1, -0.05) is 6.92 Å². The Morgan fingerprint density at radius 1 is 1.11 bits per heavy atom. The van der Waals surface area contributed by atoms with Crippen molar-refractivity contribution >= 4 is 25.8 Å². The zero-order chi connectivity index (χ0) is 20.2. The Morgan fingerprint density at radius 3 is 2.15 bits per heavy atom. The number of nitrogens with zero attached hydrogens (tertiary/aromatic N) is 2. The summed E-state index contributed by atoms with van der Waals surface area (Å²) in [5.41, 5.74) is 0.433. The molecule has 0 saturated carbocycles. The van der Waals surface area contributed by atoms with Crippen molar-refractivity contribution in [3.63, 3.8) is 0 Å². The molecule has 1 aromatic carbocycles. The lowest BCUT2D eigenvalue weighted by Gasteiger charge is -2.27. The van der Waals surface area contributed by atoms with Gasteiger partial charge in [0.2, 0.25) is 10.0 Å². The molecule has 0 N–H and O–H groups in total. The Kier molecular flexibility index (Phi) is 7.04. The lowest BCUT2D eigenvalue weighted by molar-refractivity contribution is 0.0773. The maximum Gasteiger partial charge on any atom is 0.253 e. The second-order valence-electron chi connectivity index (χ2n) is 6.67. The van der Waals surface area contributed by atoms with Crippen molar-refractivity contribution in [3.8, 4) is 0 Å². The molecule has 27 heavy (non-hydrogen) atoms. The molecule has 1 amide bonds. The molecule has 0 radical (unpaired) electrons. The van der Waals surface area contributed by atoms with Gasteiger partial charge in [0.25, 0.3) is 5.91 Å². The highest BCUT2D eigenvalue weighted by Gasteiger charge is 2.38. The molecule has 1 fully saturated rings. The van der Waals surface area contributed by atoms with Gasteiger partial charge in [-0.15, -0.1) is 0 Å². The van der Waals surface area contributed by atoms with Crippen LogP contribution >= 0.6 is 0 Å². The lowest BCUT2D eigenvalue weighted by atomic mass is 10.2. The van der Waals surface area contributed by atoms with Gasteiger partial charge in [-0.05, 0) is 51.0 Å². The summed E-state index contributed by atoms with van der Waals surface area (Å²) >= 11 is 0. The van der Waals surface area contributed by atoms with Crippen molar-refractivity contribution in [2.75, 3.05) is 31.1 Å². The highest BCUT2D eigenvalue weighted by atomic mass is 32.2. The summed E-state index contributed by atoms with van der Waals surface area (Å²) in [7, 11) is -7.02. The summed E-state index contributed by atoms with van der Waals surface area (Å²) in [5.74, 6) is -0.258. The van der Waals surface area contributed by atoms with Gasteiger partial charge in [-0.25, -0.2) is 16.8 Å². The van der Waals surface area contributed by atoms with Crippen LogP contribution in [0.2, 0.25) is 0 Å². The summed E-state index contributed by atoms with van der Waals surface area (Å²) in [6.07, 6.45) is 0.911. The van der Waals surface area contributed by atoms with Crippen molar-refractivity contribution in [1.29, 1.82) is 0 Å². The molecule has 7 nitrogen and oxygen atoms in total. The van der Waals surface area contributed by atoms with Gasteiger partial charge in [0.1, 0.15) is 0 Å². The molecular formula is C18H28N2O5S2. The molecule has 1 aliphatic rings. The molecule has 0 spiro atoms. The Bertz CT molecular complexity index is 860. The van der Waals surface area contributed by atoms with E-state index in [1.165, 1.54) is 28.6 Å². The summed E-state index contributed by atoms with van der Waals surface area (Å²) < 4.78 is 51.1. The van der Waals surface area contributed by atoms with Crippen molar-refractivity contribution in [2.45, 2.75) is 44.6 Å². The fourth-order valence-corrected chi connectivity index (χ4v) is 6.89. The van der Waals surface area contributed by atoms with Crippen LogP contribution in [-0.4, -0.2) is 69.1 Å². The smallest absolute Gasteiger partial charge is 0.253 e. The van der Waals surface area contributed by atoms with Crippen LogP contribution in [0.25, 0.3) is 0 Å². The van der Waals surface area contributed by atoms with E-state index in [4.69, 9.17) is 0 Å². The molecule has 1 unspecified atom stereocenters. The lowest BCUT2D eigenvalue weighted by Crippen LogP contribution is -2.41. The number of sulfonamides is 1. The average Bonchev–Trinajstić information content (AvgIpc) is 2.99. The first-order chi connectivity index (χ1) is 12.7. The number of carbonyl (C=O) groups is 1. The number of benzene rings is 1. The zero-order valence-electron chi connectivity index (χ0n) is 16.1. The Morgan fingerprint density at radius 2 is 1.70 bits per heavy atom. The molecule has 9 heteroatoms. The van der Waals surface area contributed by atoms with Crippen LogP contribution in [0.1, 0.15) is 44.0 Å². The van der Waals surface area contributed by atoms with Gasteiger partial charge in [-0.2, -0.15) is 4.31 Å². The Hall–Kier alpha value is -1.45. The van der Waals surface area contributed by atoms with E-state index in [9.17, 15) is 21.6 Å². The molecule has 2 rings (SSSR count). The molecule has 0 aliphatic carbocycles. The van der Waals surface area contributed by atoms with E-state index in [0.29, 0.717) is 31.5 Å².